The Bertz CT molecular complexity index is 471. The lowest BCUT2D eigenvalue weighted by Gasteiger charge is -2.35. The number of methoxy groups -OCH3 is 1. The molecule has 2 N–H and O–H groups in total. The number of ether oxygens (including phenoxy) is 2. The first kappa shape index (κ1) is 16.8. The molecule has 2 unspecified atom stereocenters. The Morgan fingerprint density at radius 3 is 3.09 bits per heavy atom. The Kier molecular flexibility index (Phi) is 5.82. The van der Waals surface area contributed by atoms with Crippen molar-refractivity contribution in [2.75, 3.05) is 47.0 Å². The van der Waals surface area contributed by atoms with Gasteiger partial charge in [0, 0.05) is 27.2 Å². The van der Waals surface area contributed by atoms with Crippen molar-refractivity contribution < 1.29 is 19.0 Å². The molecule has 0 radical (unpaired) electrons. The van der Waals surface area contributed by atoms with E-state index in [0.29, 0.717) is 32.1 Å². The quantitative estimate of drug-likeness (QED) is 0.606. The molecule has 1 saturated heterocycles. The summed E-state index contributed by atoms with van der Waals surface area (Å²) >= 11 is 0. The van der Waals surface area contributed by atoms with Gasteiger partial charge < -0.3 is 29.2 Å². The van der Waals surface area contributed by atoms with Crippen LogP contribution in [0.5, 0.6) is 0 Å². The fourth-order valence-electron chi connectivity index (χ4n) is 2.45. The van der Waals surface area contributed by atoms with Crippen LogP contribution in [0.2, 0.25) is 0 Å². The summed E-state index contributed by atoms with van der Waals surface area (Å²) in [6, 6.07) is 3.52. The first-order valence-corrected chi connectivity index (χ1v) is 7.39. The van der Waals surface area contributed by atoms with E-state index in [4.69, 9.17) is 13.9 Å². The summed E-state index contributed by atoms with van der Waals surface area (Å²) in [5.41, 5.74) is -1.10. The van der Waals surface area contributed by atoms with Crippen molar-refractivity contribution in [3.63, 3.8) is 0 Å². The number of hydrogen-bond acceptors (Lipinski definition) is 5. The number of aliphatic imine (C=N–C) groups is 1. The van der Waals surface area contributed by atoms with E-state index >= 15 is 0 Å². The number of furan rings is 1. The molecular weight excluding hydrogens is 286 g/mol. The lowest BCUT2D eigenvalue weighted by Crippen LogP contribution is -2.53. The Balaban J connectivity index is 1.92. The van der Waals surface area contributed by atoms with E-state index in [0.717, 1.165) is 12.5 Å². The number of aliphatic hydroxyl groups is 1. The molecule has 124 valence electrons. The molecule has 1 aliphatic heterocycles. The molecule has 0 amide bonds. The number of hydrogen-bond donors (Lipinski definition) is 2. The van der Waals surface area contributed by atoms with Gasteiger partial charge in [-0.3, -0.25) is 4.99 Å². The molecule has 0 aliphatic carbocycles. The van der Waals surface area contributed by atoms with Gasteiger partial charge in [-0.05, 0) is 19.1 Å². The molecule has 7 nitrogen and oxygen atoms in total. The topological polar surface area (TPSA) is 79.5 Å². The van der Waals surface area contributed by atoms with Gasteiger partial charge >= 0.3 is 0 Å². The van der Waals surface area contributed by atoms with Crippen molar-refractivity contribution in [3.8, 4) is 0 Å². The third-order valence-corrected chi connectivity index (χ3v) is 3.65. The lowest BCUT2D eigenvalue weighted by molar-refractivity contribution is -0.0451. The van der Waals surface area contributed by atoms with Crippen LogP contribution >= 0.6 is 0 Å². The summed E-state index contributed by atoms with van der Waals surface area (Å²) in [5.74, 6) is 1.26. The van der Waals surface area contributed by atoms with Crippen LogP contribution in [0.25, 0.3) is 0 Å². The summed E-state index contributed by atoms with van der Waals surface area (Å²) in [7, 11) is 3.39. The van der Waals surface area contributed by atoms with Crippen molar-refractivity contribution in [3.05, 3.63) is 24.2 Å². The monoisotopic (exact) mass is 311 g/mol. The predicted molar refractivity (Wildman–Crippen MR) is 82.8 cm³/mol. The average molecular weight is 311 g/mol. The number of guanidine groups is 1. The highest BCUT2D eigenvalue weighted by atomic mass is 16.5. The Morgan fingerprint density at radius 2 is 2.45 bits per heavy atom. The summed E-state index contributed by atoms with van der Waals surface area (Å²) < 4.78 is 16.1. The molecule has 0 saturated carbocycles. The van der Waals surface area contributed by atoms with Gasteiger partial charge in [-0.2, -0.15) is 0 Å². The molecule has 2 heterocycles. The van der Waals surface area contributed by atoms with E-state index in [-0.39, 0.29) is 6.10 Å². The smallest absolute Gasteiger partial charge is 0.193 e. The molecule has 0 bridgehead atoms. The van der Waals surface area contributed by atoms with Crippen LogP contribution in [-0.4, -0.2) is 69.1 Å². The Labute approximate surface area is 130 Å². The van der Waals surface area contributed by atoms with Crippen molar-refractivity contribution in [1.82, 2.24) is 10.2 Å². The Hall–Kier alpha value is -1.57. The zero-order valence-electron chi connectivity index (χ0n) is 13.4. The SMILES string of the molecule is CN=C(NCC(C)(O)c1ccco1)N1CCOC(COC)C1. The Morgan fingerprint density at radius 1 is 1.64 bits per heavy atom. The zero-order chi connectivity index (χ0) is 16.0. The summed E-state index contributed by atoms with van der Waals surface area (Å²) in [4.78, 5) is 6.39. The largest absolute Gasteiger partial charge is 0.466 e. The molecular formula is C15H25N3O4. The highest BCUT2D eigenvalue weighted by Gasteiger charge is 2.28. The summed E-state index contributed by atoms with van der Waals surface area (Å²) in [6.07, 6.45) is 1.58. The van der Waals surface area contributed by atoms with Gasteiger partial charge in [-0.25, -0.2) is 0 Å². The molecule has 7 heteroatoms. The highest BCUT2D eigenvalue weighted by molar-refractivity contribution is 5.80. The maximum Gasteiger partial charge on any atom is 0.193 e. The van der Waals surface area contributed by atoms with Crippen LogP contribution < -0.4 is 5.32 Å². The van der Waals surface area contributed by atoms with Gasteiger partial charge in [-0.1, -0.05) is 0 Å². The second kappa shape index (κ2) is 7.62. The molecule has 1 aromatic rings. The number of nitrogens with one attached hydrogen (secondary N) is 1. The minimum Gasteiger partial charge on any atom is -0.466 e. The van der Waals surface area contributed by atoms with Crippen molar-refractivity contribution in [1.29, 1.82) is 0 Å². The van der Waals surface area contributed by atoms with Crippen LogP contribution in [0.3, 0.4) is 0 Å². The van der Waals surface area contributed by atoms with E-state index in [9.17, 15) is 5.11 Å². The second-order valence-electron chi connectivity index (χ2n) is 5.55. The molecule has 22 heavy (non-hydrogen) atoms. The molecule has 0 spiro atoms. The van der Waals surface area contributed by atoms with Gasteiger partial charge in [0.15, 0.2) is 5.96 Å². The molecule has 1 fully saturated rings. The molecule has 1 aliphatic rings. The fourth-order valence-corrected chi connectivity index (χ4v) is 2.45. The van der Waals surface area contributed by atoms with Crippen LogP contribution in [-0.2, 0) is 15.1 Å². The minimum atomic E-state index is -1.10. The number of rotatable bonds is 5. The van der Waals surface area contributed by atoms with Crippen LogP contribution in [0, 0.1) is 0 Å². The molecule has 1 aromatic heterocycles. The normalized spacial score (nSPS) is 22.5. The third-order valence-electron chi connectivity index (χ3n) is 3.65. The zero-order valence-corrected chi connectivity index (χ0v) is 13.4. The average Bonchev–Trinajstić information content (AvgIpc) is 3.04. The van der Waals surface area contributed by atoms with Crippen LogP contribution in [0.4, 0.5) is 0 Å². The number of nitrogens with zero attached hydrogens (tertiary/aromatic N) is 2. The molecule has 2 rings (SSSR count). The van der Waals surface area contributed by atoms with Gasteiger partial charge in [0.1, 0.15) is 11.4 Å². The molecule has 0 aromatic carbocycles. The second-order valence-corrected chi connectivity index (χ2v) is 5.55. The van der Waals surface area contributed by atoms with Crippen molar-refractivity contribution in [2.45, 2.75) is 18.6 Å². The van der Waals surface area contributed by atoms with Crippen molar-refractivity contribution >= 4 is 5.96 Å². The standard InChI is InChI=1S/C15H25N3O4/c1-15(19,13-5-4-7-22-13)11-17-14(16-2)18-6-8-21-12(9-18)10-20-3/h4-5,7,12,19H,6,8-11H2,1-3H3,(H,16,17). The summed E-state index contributed by atoms with van der Waals surface area (Å²) in [6.45, 7) is 4.65. The maximum atomic E-state index is 10.5. The van der Waals surface area contributed by atoms with Crippen LogP contribution in [0.15, 0.2) is 27.8 Å². The first-order valence-electron chi connectivity index (χ1n) is 7.39. The fraction of sp³-hybridized carbons (Fsp3) is 0.667. The first-order chi connectivity index (χ1) is 10.6. The number of morpholine rings is 1. The van der Waals surface area contributed by atoms with E-state index in [1.165, 1.54) is 0 Å². The van der Waals surface area contributed by atoms with E-state index in [2.05, 4.69) is 15.2 Å². The predicted octanol–water partition coefficient (Wildman–Crippen LogP) is 0.410. The van der Waals surface area contributed by atoms with E-state index < -0.39 is 5.60 Å². The lowest BCUT2D eigenvalue weighted by atomic mass is 10.0. The van der Waals surface area contributed by atoms with E-state index in [1.54, 1.807) is 39.5 Å². The molecule has 2 atom stereocenters. The van der Waals surface area contributed by atoms with Crippen molar-refractivity contribution in [2.24, 2.45) is 4.99 Å². The summed E-state index contributed by atoms with van der Waals surface area (Å²) in [5, 5.41) is 13.7. The maximum absolute atomic E-state index is 10.5. The van der Waals surface area contributed by atoms with Gasteiger partial charge in [0.05, 0.1) is 32.1 Å². The third kappa shape index (κ3) is 4.22. The highest BCUT2D eigenvalue weighted by Crippen LogP contribution is 2.20. The van der Waals surface area contributed by atoms with Crippen LogP contribution in [0.1, 0.15) is 12.7 Å². The van der Waals surface area contributed by atoms with Gasteiger partial charge in [-0.15, -0.1) is 0 Å². The minimum absolute atomic E-state index is 0.0304. The van der Waals surface area contributed by atoms with E-state index in [1.807, 2.05) is 0 Å². The van der Waals surface area contributed by atoms with Gasteiger partial charge in [0.2, 0.25) is 0 Å². The van der Waals surface area contributed by atoms with Gasteiger partial charge in [0.25, 0.3) is 0 Å².